The van der Waals surface area contributed by atoms with Crippen molar-refractivity contribution in [3.8, 4) is 0 Å². The maximum atomic E-state index is 12.4. The maximum Gasteiger partial charge on any atom is 0.282 e. The van der Waals surface area contributed by atoms with E-state index in [2.05, 4.69) is 12.2 Å². The second-order valence-electron chi connectivity index (χ2n) is 4.93. The van der Waals surface area contributed by atoms with E-state index in [9.17, 15) is 8.42 Å². The van der Waals surface area contributed by atoms with E-state index in [-0.39, 0.29) is 0 Å². The van der Waals surface area contributed by atoms with Crippen molar-refractivity contribution in [2.75, 3.05) is 39.3 Å². The second kappa shape index (κ2) is 5.65. The topological polar surface area (TPSA) is 52.7 Å². The molecule has 0 bridgehead atoms. The highest BCUT2D eigenvalue weighted by molar-refractivity contribution is 7.86. The summed E-state index contributed by atoms with van der Waals surface area (Å²) in [6.07, 6.45) is 3.25. The van der Waals surface area contributed by atoms with Gasteiger partial charge in [0.15, 0.2) is 0 Å². The predicted molar refractivity (Wildman–Crippen MR) is 68.0 cm³/mol. The van der Waals surface area contributed by atoms with Crippen molar-refractivity contribution in [1.29, 1.82) is 0 Å². The van der Waals surface area contributed by atoms with Crippen LogP contribution in [0.1, 0.15) is 26.2 Å². The summed E-state index contributed by atoms with van der Waals surface area (Å²) in [4.78, 5) is 0. The highest BCUT2D eigenvalue weighted by atomic mass is 32.2. The summed E-state index contributed by atoms with van der Waals surface area (Å²) in [5, 5.41) is 3.19. The van der Waals surface area contributed by atoms with Crippen LogP contribution < -0.4 is 5.32 Å². The summed E-state index contributed by atoms with van der Waals surface area (Å²) in [6.45, 7) is 6.30. The number of hydrogen-bond donors (Lipinski definition) is 1. The third-order valence-electron chi connectivity index (χ3n) is 3.79. The molecule has 0 aromatic carbocycles. The SMILES string of the molecule is CCC1CCCN(S(=O)(=O)N2CCNCC2)C1. The van der Waals surface area contributed by atoms with E-state index in [1.165, 1.54) is 6.42 Å². The van der Waals surface area contributed by atoms with Gasteiger partial charge in [0.1, 0.15) is 0 Å². The minimum Gasteiger partial charge on any atom is -0.314 e. The maximum absolute atomic E-state index is 12.4. The summed E-state index contributed by atoms with van der Waals surface area (Å²) in [6, 6.07) is 0. The first-order chi connectivity index (χ1) is 8.14. The van der Waals surface area contributed by atoms with E-state index in [1.54, 1.807) is 8.61 Å². The van der Waals surface area contributed by atoms with Gasteiger partial charge in [0.2, 0.25) is 0 Å². The minimum absolute atomic E-state index is 0.543. The van der Waals surface area contributed by atoms with Crippen molar-refractivity contribution in [2.24, 2.45) is 5.92 Å². The Labute approximate surface area is 104 Å². The molecule has 2 heterocycles. The lowest BCUT2D eigenvalue weighted by Gasteiger charge is -2.36. The number of hydrogen-bond acceptors (Lipinski definition) is 3. The van der Waals surface area contributed by atoms with Crippen molar-refractivity contribution >= 4 is 10.2 Å². The molecule has 2 rings (SSSR count). The molecule has 100 valence electrons. The molecule has 0 spiro atoms. The van der Waals surface area contributed by atoms with Crippen molar-refractivity contribution < 1.29 is 8.42 Å². The lowest BCUT2D eigenvalue weighted by Crippen LogP contribution is -2.53. The zero-order valence-corrected chi connectivity index (χ0v) is 11.4. The fourth-order valence-electron chi connectivity index (χ4n) is 2.61. The molecule has 2 aliphatic rings. The van der Waals surface area contributed by atoms with Gasteiger partial charge < -0.3 is 5.32 Å². The molecule has 0 aliphatic carbocycles. The van der Waals surface area contributed by atoms with Crippen molar-refractivity contribution in [3.05, 3.63) is 0 Å². The van der Waals surface area contributed by atoms with Crippen LogP contribution in [0.25, 0.3) is 0 Å². The van der Waals surface area contributed by atoms with Gasteiger partial charge in [-0.15, -0.1) is 0 Å². The van der Waals surface area contributed by atoms with Crippen molar-refractivity contribution in [3.63, 3.8) is 0 Å². The molecule has 2 saturated heterocycles. The Kier molecular flexibility index (Phi) is 4.41. The van der Waals surface area contributed by atoms with Crippen LogP contribution in [0.2, 0.25) is 0 Å². The Balaban J connectivity index is 2.03. The number of nitrogens with zero attached hydrogens (tertiary/aromatic N) is 2. The van der Waals surface area contributed by atoms with Gasteiger partial charge in [0.05, 0.1) is 0 Å². The Morgan fingerprint density at radius 1 is 1.18 bits per heavy atom. The standard InChI is InChI=1S/C11H23N3O2S/c1-2-11-4-3-7-14(10-11)17(15,16)13-8-5-12-6-9-13/h11-12H,2-10H2,1H3. The molecular formula is C11H23N3O2S. The van der Waals surface area contributed by atoms with E-state index in [0.29, 0.717) is 32.1 Å². The van der Waals surface area contributed by atoms with E-state index in [0.717, 1.165) is 25.9 Å². The lowest BCUT2D eigenvalue weighted by atomic mass is 9.97. The fraction of sp³-hybridized carbons (Fsp3) is 1.00. The van der Waals surface area contributed by atoms with E-state index < -0.39 is 10.2 Å². The molecule has 17 heavy (non-hydrogen) atoms. The number of nitrogens with one attached hydrogen (secondary N) is 1. The average Bonchev–Trinajstić information content (AvgIpc) is 2.40. The second-order valence-corrected chi connectivity index (χ2v) is 6.86. The largest absolute Gasteiger partial charge is 0.314 e. The fourth-order valence-corrected chi connectivity index (χ4v) is 4.34. The van der Waals surface area contributed by atoms with Gasteiger partial charge in [-0.3, -0.25) is 0 Å². The molecular weight excluding hydrogens is 238 g/mol. The van der Waals surface area contributed by atoms with E-state index in [4.69, 9.17) is 0 Å². The van der Waals surface area contributed by atoms with Gasteiger partial charge in [-0.1, -0.05) is 13.3 Å². The van der Waals surface area contributed by atoms with Gasteiger partial charge >= 0.3 is 0 Å². The normalized spacial score (nSPS) is 29.4. The number of piperidine rings is 1. The number of piperazine rings is 1. The average molecular weight is 261 g/mol. The summed E-state index contributed by atoms with van der Waals surface area (Å²) in [7, 11) is -3.20. The molecule has 1 atom stereocenters. The van der Waals surface area contributed by atoms with Crippen LogP contribution in [0.15, 0.2) is 0 Å². The van der Waals surface area contributed by atoms with Crippen LogP contribution in [0, 0.1) is 5.92 Å². The van der Waals surface area contributed by atoms with Crippen LogP contribution >= 0.6 is 0 Å². The molecule has 2 aliphatic heterocycles. The molecule has 0 saturated carbocycles. The third-order valence-corrected chi connectivity index (χ3v) is 5.79. The monoisotopic (exact) mass is 261 g/mol. The molecule has 6 heteroatoms. The zero-order valence-electron chi connectivity index (χ0n) is 10.6. The Bertz CT molecular complexity index is 339. The Morgan fingerprint density at radius 3 is 2.53 bits per heavy atom. The smallest absolute Gasteiger partial charge is 0.282 e. The summed E-state index contributed by atoms with van der Waals surface area (Å²) in [5.74, 6) is 0.543. The highest BCUT2D eigenvalue weighted by Gasteiger charge is 2.33. The Morgan fingerprint density at radius 2 is 1.88 bits per heavy atom. The molecule has 1 unspecified atom stereocenters. The van der Waals surface area contributed by atoms with Crippen LogP contribution in [0.5, 0.6) is 0 Å². The lowest BCUT2D eigenvalue weighted by molar-refractivity contribution is 0.237. The summed E-state index contributed by atoms with van der Waals surface area (Å²) >= 11 is 0. The van der Waals surface area contributed by atoms with Crippen molar-refractivity contribution in [2.45, 2.75) is 26.2 Å². The van der Waals surface area contributed by atoms with Crippen LogP contribution in [-0.4, -0.2) is 56.3 Å². The van der Waals surface area contributed by atoms with E-state index in [1.807, 2.05) is 0 Å². The minimum atomic E-state index is -3.20. The third kappa shape index (κ3) is 2.99. The first-order valence-corrected chi connectivity index (χ1v) is 8.00. The van der Waals surface area contributed by atoms with Crippen LogP contribution in [0.4, 0.5) is 0 Å². The molecule has 0 aromatic rings. The van der Waals surface area contributed by atoms with Gasteiger partial charge in [-0.2, -0.15) is 17.0 Å². The van der Waals surface area contributed by atoms with Gasteiger partial charge in [-0.05, 0) is 18.8 Å². The summed E-state index contributed by atoms with van der Waals surface area (Å²) in [5.41, 5.74) is 0. The molecule has 2 fully saturated rings. The highest BCUT2D eigenvalue weighted by Crippen LogP contribution is 2.23. The van der Waals surface area contributed by atoms with Crippen LogP contribution in [0.3, 0.4) is 0 Å². The number of rotatable bonds is 3. The predicted octanol–water partition coefficient (Wildman–Crippen LogP) is 0.258. The van der Waals surface area contributed by atoms with Gasteiger partial charge in [0, 0.05) is 39.3 Å². The molecule has 0 aromatic heterocycles. The summed E-state index contributed by atoms with van der Waals surface area (Å²) < 4.78 is 28.2. The Hall–Kier alpha value is -0.170. The quantitative estimate of drug-likeness (QED) is 0.793. The van der Waals surface area contributed by atoms with E-state index >= 15 is 0 Å². The molecule has 1 N–H and O–H groups in total. The van der Waals surface area contributed by atoms with Gasteiger partial charge in [0.25, 0.3) is 10.2 Å². The van der Waals surface area contributed by atoms with Gasteiger partial charge in [-0.25, -0.2) is 0 Å². The molecule has 5 nitrogen and oxygen atoms in total. The van der Waals surface area contributed by atoms with Crippen molar-refractivity contribution in [1.82, 2.24) is 13.9 Å². The molecule has 0 radical (unpaired) electrons. The van der Waals surface area contributed by atoms with Crippen LogP contribution in [-0.2, 0) is 10.2 Å². The molecule has 0 amide bonds. The first-order valence-electron chi connectivity index (χ1n) is 6.60. The zero-order chi connectivity index (χ0) is 12.3. The first kappa shape index (κ1) is 13.3.